The molecule has 1 aliphatic rings. The van der Waals surface area contributed by atoms with Crippen molar-refractivity contribution in [1.82, 2.24) is 15.3 Å². The van der Waals surface area contributed by atoms with Crippen LogP contribution in [0.2, 0.25) is 0 Å². The second kappa shape index (κ2) is 6.57. The predicted molar refractivity (Wildman–Crippen MR) is 82.7 cm³/mol. The smallest absolute Gasteiger partial charge is 0.147 e. The first-order chi connectivity index (χ1) is 9.08. The van der Waals surface area contributed by atoms with Crippen LogP contribution in [0, 0.1) is 0 Å². The molecule has 19 heavy (non-hydrogen) atoms. The highest BCUT2D eigenvalue weighted by molar-refractivity contribution is 8.00. The summed E-state index contributed by atoms with van der Waals surface area (Å²) in [6.07, 6.45) is 3.74. The molecule has 1 aromatic rings. The first-order valence-corrected chi connectivity index (χ1v) is 8.05. The van der Waals surface area contributed by atoms with E-state index in [4.69, 9.17) is 4.98 Å². The zero-order chi connectivity index (χ0) is 13.8. The quantitative estimate of drug-likeness (QED) is 0.916. The molecule has 0 radical (unpaired) electrons. The second-order valence-electron chi connectivity index (χ2n) is 5.41. The van der Waals surface area contributed by atoms with E-state index in [1.165, 1.54) is 5.75 Å². The molecule has 0 spiro atoms. The van der Waals surface area contributed by atoms with Gasteiger partial charge in [-0.2, -0.15) is 11.8 Å². The molecular weight excluding hydrogens is 256 g/mol. The van der Waals surface area contributed by atoms with Gasteiger partial charge >= 0.3 is 0 Å². The molecule has 5 heteroatoms. The molecule has 106 valence electrons. The Bertz CT molecular complexity index is 410. The molecule has 1 N–H and O–H groups in total. The van der Waals surface area contributed by atoms with Crippen LogP contribution in [0.1, 0.15) is 33.4 Å². The van der Waals surface area contributed by atoms with Gasteiger partial charge in [0.1, 0.15) is 5.82 Å². The molecule has 2 heterocycles. The fourth-order valence-electron chi connectivity index (χ4n) is 2.18. The van der Waals surface area contributed by atoms with Crippen LogP contribution >= 0.6 is 11.8 Å². The predicted octanol–water partition coefficient (Wildman–Crippen LogP) is 2.30. The van der Waals surface area contributed by atoms with Gasteiger partial charge in [0.15, 0.2) is 0 Å². The van der Waals surface area contributed by atoms with E-state index in [0.29, 0.717) is 17.3 Å². The van der Waals surface area contributed by atoms with Crippen LogP contribution in [-0.2, 0) is 6.54 Å². The van der Waals surface area contributed by atoms with Crippen LogP contribution in [0.3, 0.4) is 0 Å². The number of aromatic nitrogens is 2. The average molecular weight is 280 g/mol. The third-order valence-electron chi connectivity index (χ3n) is 3.54. The van der Waals surface area contributed by atoms with Crippen LogP contribution < -0.4 is 10.2 Å². The molecule has 1 saturated heterocycles. The number of nitrogens with one attached hydrogen (secondary N) is 1. The summed E-state index contributed by atoms with van der Waals surface area (Å²) in [5, 5.41) is 4.03. The number of anilines is 1. The monoisotopic (exact) mass is 280 g/mol. The Morgan fingerprint density at radius 1 is 1.42 bits per heavy atom. The minimum absolute atomic E-state index is 0.468. The zero-order valence-electron chi connectivity index (χ0n) is 12.3. The molecule has 4 nitrogen and oxygen atoms in total. The molecule has 1 fully saturated rings. The van der Waals surface area contributed by atoms with E-state index in [-0.39, 0.29) is 0 Å². The lowest BCUT2D eigenvalue weighted by Crippen LogP contribution is -2.45. The SMILES string of the molecule is CC(C)NCc1cncc(N2CCSC(C)C2C)n1. The van der Waals surface area contributed by atoms with Gasteiger partial charge in [-0.1, -0.05) is 20.8 Å². The van der Waals surface area contributed by atoms with Crippen LogP contribution in [0.25, 0.3) is 0 Å². The molecule has 0 aliphatic carbocycles. The van der Waals surface area contributed by atoms with Crippen molar-refractivity contribution in [2.45, 2.75) is 51.6 Å². The second-order valence-corrected chi connectivity index (χ2v) is 6.90. The Hall–Kier alpha value is -0.810. The Balaban J connectivity index is 2.09. The summed E-state index contributed by atoms with van der Waals surface area (Å²) in [6, 6.07) is 0.983. The molecular formula is C14H24N4S. The maximum Gasteiger partial charge on any atom is 0.147 e. The van der Waals surface area contributed by atoms with Crippen molar-refractivity contribution in [3.63, 3.8) is 0 Å². The average Bonchev–Trinajstić information content (AvgIpc) is 2.40. The molecule has 0 aromatic carbocycles. The molecule has 2 unspecified atom stereocenters. The van der Waals surface area contributed by atoms with Crippen molar-refractivity contribution in [2.75, 3.05) is 17.2 Å². The van der Waals surface area contributed by atoms with Gasteiger partial charge in [0.2, 0.25) is 0 Å². The highest BCUT2D eigenvalue weighted by Crippen LogP contribution is 2.27. The molecule has 0 bridgehead atoms. The Morgan fingerprint density at radius 2 is 2.21 bits per heavy atom. The number of rotatable bonds is 4. The van der Waals surface area contributed by atoms with E-state index in [9.17, 15) is 0 Å². The first kappa shape index (κ1) is 14.6. The molecule has 1 aliphatic heterocycles. The Labute approximate surface area is 120 Å². The lowest BCUT2D eigenvalue weighted by Gasteiger charge is -2.38. The summed E-state index contributed by atoms with van der Waals surface area (Å²) < 4.78 is 0. The summed E-state index contributed by atoms with van der Waals surface area (Å²) in [5.41, 5.74) is 1.02. The van der Waals surface area contributed by atoms with Crippen molar-refractivity contribution < 1.29 is 0 Å². The van der Waals surface area contributed by atoms with E-state index in [0.717, 1.165) is 24.6 Å². The standard InChI is InChI=1S/C14H24N4S/c1-10(2)16-8-13-7-15-9-14(17-13)18-5-6-19-12(4)11(18)3/h7,9-12,16H,5-6,8H2,1-4H3. The number of hydrogen-bond acceptors (Lipinski definition) is 5. The van der Waals surface area contributed by atoms with E-state index >= 15 is 0 Å². The van der Waals surface area contributed by atoms with Gasteiger partial charge in [0.05, 0.1) is 11.9 Å². The minimum Gasteiger partial charge on any atom is -0.351 e. The number of hydrogen-bond donors (Lipinski definition) is 1. The van der Waals surface area contributed by atoms with Crippen molar-refractivity contribution in [1.29, 1.82) is 0 Å². The van der Waals surface area contributed by atoms with Gasteiger partial charge in [-0.15, -0.1) is 0 Å². The first-order valence-electron chi connectivity index (χ1n) is 7.00. The minimum atomic E-state index is 0.468. The molecule has 0 amide bonds. The van der Waals surface area contributed by atoms with E-state index in [1.54, 1.807) is 0 Å². The van der Waals surface area contributed by atoms with Crippen molar-refractivity contribution in [3.05, 3.63) is 18.1 Å². The zero-order valence-corrected chi connectivity index (χ0v) is 13.1. The Kier molecular flexibility index (Phi) is 5.05. The van der Waals surface area contributed by atoms with Crippen molar-refractivity contribution in [3.8, 4) is 0 Å². The topological polar surface area (TPSA) is 41.1 Å². The molecule has 1 aromatic heterocycles. The van der Waals surface area contributed by atoms with Gasteiger partial charge in [-0.25, -0.2) is 4.98 Å². The summed E-state index contributed by atoms with van der Waals surface area (Å²) in [5.74, 6) is 2.18. The van der Waals surface area contributed by atoms with Gasteiger partial charge in [0.25, 0.3) is 0 Å². The van der Waals surface area contributed by atoms with Crippen LogP contribution in [0.5, 0.6) is 0 Å². The van der Waals surface area contributed by atoms with E-state index in [2.05, 4.69) is 42.9 Å². The third-order valence-corrected chi connectivity index (χ3v) is 4.88. The van der Waals surface area contributed by atoms with Crippen molar-refractivity contribution in [2.24, 2.45) is 0 Å². The largest absolute Gasteiger partial charge is 0.351 e. The highest BCUT2D eigenvalue weighted by Gasteiger charge is 2.26. The lowest BCUT2D eigenvalue weighted by molar-refractivity contribution is 0.576. The normalized spacial score (nSPS) is 23.9. The summed E-state index contributed by atoms with van der Waals surface area (Å²) >= 11 is 2.04. The maximum absolute atomic E-state index is 4.74. The summed E-state index contributed by atoms with van der Waals surface area (Å²) in [6.45, 7) is 10.7. The van der Waals surface area contributed by atoms with E-state index < -0.39 is 0 Å². The number of thioether (sulfide) groups is 1. The summed E-state index contributed by atoms with van der Waals surface area (Å²) in [4.78, 5) is 11.5. The van der Waals surface area contributed by atoms with Crippen LogP contribution in [-0.4, -0.2) is 39.6 Å². The van der Waals surface area contributed by atoms with Gasteiger partial charge in [-0.3, -0.25) is 4.98 Å². The Morgan fingerprint density at radius 3 is 2.95 bits per heavy atom. The summed E-state index contributed by atoms with van der Waals surface area (Å²) in [7, 11) is 0. The molecule has 2 atom stereocenters. The molecule has 2 rings (SSSR count). The van der Waals surface area contributed by atoms with Gasteiger partial charge < -0.3 is 10.2 Å². The van der Waals surface area contributed by atoms with Crippen LogP contribution in [0.15, 0.2) is 12.4 Å². The lowest BCUT2D eigenvalue weighted by atomic mass is 10.2. The fraction of sp³-hybridized carbons (Fsp3) is 0.714. The third kappa shape index (κ3) is 3.83. The number of nitrogens with zero attached hydrogens (tertiary/aromatic N) is 3. The van der Waals surface area contributed by atoms with Crippen molar-refractivity contribution >= 4 is 17.6 Å². The highest BCUT2D eigenvalue weighted by atomic mass is 32.2. The fourth-order valence-corrected chi connectivity index (χ4v) is 3.28. The van der Waals surface area contributed by atoms with Crippen LogP contribution in [0.4, 0.5) is 5.82 Å². The van der Waals surface area contributed by atoms with Gasteiger partial charge in [0, 0.05) is 42.4 Å². The maximum atomic E-state index is 4.74. The molecule has 0 saturated carbocycles. The van der Waals surface area contributed by atoms with Gasteiger partial charge in [-0.05, 0) is 6.92 Å². The van der Waals surface area contributed by atoms with E-state index in [1.807, 2.05) is 24.2 Å².